The van der Waals surface area contributed by atoms with Crippen LogP contribution in [0, 0.1) is 0 Å². The molecule has 106 valence electrons. The van der Waals surface area contributed by atoms with Gasteiger partial charge in [0.1, 0.15) is 11.4 Å². The number of rotatable bonds is 5. The standard InChI is InChI=1S/C14H16N2O4/c1-7(2)15-6-12(18)8-3-4-11(17)13-9(8)5-10(16-13)14(19)20/h3-5,7,15-17H,6H2,1-2H3,(H,19,20). The van der Waals surface area contributed by atoms with Crippen molar-refractivity contribution in [2.75, 3.05) is 6.54 Å². The number of carbonyl (C=O) groups is 2. The number of ketones is 1. The van der Waals surface area contributed by atoms with Gasteiger partial charge in [0.05, 0.1) is 12.1 Å². The molecule has 0 bridgehead atoms. The largest absolute Gasteiger partial charge is 0.506 e. The van der Waals surface area contributed by atoms with Crippen LogP contribution in [0.1, 0.15) is 34.7 Å². The minimum Gasteiger partial charge on any atom is -0.506 e. The van der Waals surface area contributed by atoms with Gasteiger partial charge in [0.25, 0.3) is 0 Å². The average Bonchev–Trinajstić information content (AvgIpc) is 2.82. The van der Waals surface area contributed by atoms with Gasteiger partial charge in [-0.15, -0.1) is 0 Å². The van der Waals surface area contributed by atoms with Crippen LogP contribution in [0.15, 0.2) is 18.2 Å². The minimum atomic E-state index is -1.14. The van der Waals surface area contributed by atoms with E-state index in [0.29, 0.717) is 10.9 Å². The van der Waals surface area contributed by atoms with Gasteiger partial charge in [-0.2, -0.15) is 0 Å². The lowest BCUT2D eigenvalue weighted by atomic mass is 10.0. The van der Waals surface area contributed by atoms with Gasteiger partial charge in [-0.1, -0.05) is 13.8 Å². The lowest BCUT2D eigenvalue weighted by molar-refractivity contribution is 0.0691. The molecule has 6 nitrogen and oxygen atoms in total. The number of H-pyrrole nitrogens is 1. The Morgan fingerprint density at radius 3 is 2.65 bits per heavy atom. The number of carboxylic acids is 1. The Morgan fingerprint density at radius 1 is 1.35 bits per heavy atom. The molecule has 0 aliphatic rings. The van der Waals surface area contributed by atoms with Crippen LogP contribution >= 0.6 is 0 Å². The number of hydrogen-bond donors (Lipinski definition) is 4. The number of benzene rings is 1. The number of phenols is 1. The maximum atomic E-state index is 12.1. The lowest BCUT2D eigenvalue weighted by Gasteiger charge is -2.08. The number of aromatic hydroxyl groups is 1. The number of hydrogen-bond acceptors (Lipinski definition) is 4. The van der Waals surface area contributed by atoms with Crippen molar-refractivity contribution in [3.8, 4) is 5.75 Å². The number of carbonyl (C=O) groups excluding carboxylic acids is 1. The first-order valence-electron chi connectivity index (χ1n) is 6.24. The van der Waals surface area contributed by atoms with Crippen LogP contribution in [0.2, 0.25) is 0 Å². The van der Waals surface area contributed by atoms with Gasteiger partial charge in [-0.25, -0.2) is 4.79 Å². The average molecular weight is 276 g/mol. The van der Waals surface area contributed by atoms with Crippen molar-refractivity contribution in [3.05, 3.63) is 29.5 Å². The summed E-state index contributed by atoms with van der Waals surface area (Å²) in [6.07, 6.45) is 0. The summed E-state index contributed by atoms with van der Waals surface area (Å²) in [7, 11) is 0. The summed E-state index contributed by atoms with van der Waals surface area (Å²) >= 11 is 0. The number of phenolic OH excluding ortho intramolecular Hbond substituents is 1. The molecule has 1 aromatic heterocycles. The highest BCUT2D eigenvalue weighted by Crippen LogP contribution is 2.28. The molecule has 0 fully saturated rings. The molecule has 0 spiro atoms. The van der Waals surface area contributed by atoms with Crippen LogP contribution in [-0.2, 0) is 0 Å². The molecule has 2 aromatic rings. The van der Waals surface area contributed by atoms with E-state index < -0.39 is 5.97 Å². The van der Waals surface area contributed by atoms with Crippen molar-refractivity contribution in [2.24, 2.45) is 0 Å². The van der Waals surface area contributed by atoms with Crippen molar-refractivity contribution in [2.45, 2.75) is 19.9 Å². The van der Waals surface area contributed by atoms with E-state index in [1.165, 1.54) is 18.2 Å². The van der Waals surface area contributed by atoms with E-state index in [9.17, 15) is 14.7 Å². The van der Waals surface area contributed by atoms with Gasteiger partial charge >= 0.3 is 5.97 Å². The molecule has 1 aromatic carbocycles. The Kier molecular flexibility index (Phi) is 3.76. The monoisotopic (exact) mass is 276 g/mol. The van der Waals surface area contributed by atoms with Gasteiger partial charge in [0.2, 0.25) is 0 Å². The molecule has 0 saturated carbocycles. The molecule has 0 unspecified atom stereocenters. The van der Waals surface area contributed by atoms with Crippen LogP contribution in [0.4, 0.5) is 0 Å². The van der Waals surface area contributed by atoms with Crippen LogP contribution in [0.25, 0.3) is 10.9 Å². The molecule has 4 N–H and O–H groups in total. The molecule has 0 aliphatic heterocycles. The van der Waals surface area contributed by atoms with E-state index in [4.69, 9.17) is 5.11 Å². The summed E-state index contributed by atoms with van der Waals surface area (Å²) in [5, 5.41) is 22.1. The third kappa shape index (κ3) is 2.65. The molecule has 20 heavy (non-hydrogen) atoms. The molecule has 6 heteroatoms. The van der Waals surface area contributed by atoms with Gasteiger partial charge in [0.15, 0.2) is 5.78 Å². The summed E-state index contributed by atoms with van der Waals surface area (Å²) in [4.78, 5) is 25.7. The van der Waals surface area contributed by atoms with E-state index in [1.54, 1.807) is 0 Å². The number of Topliss-reactive ketones (excluding diaryl/α,β-unsaturated/α-hetero) is 1. The highest BCUT2D eigenvalue weighted by molar-refractivity contribution is 6.11. The van der Waals surface area contributed by atoms with E-state index in [-0.39, 0.29) is 35.3 Å². The number of nitrogens with one attached hydrogen (secondary N) is 2. The van der Waals surface area contributed by atoms with E-state index in [0.717, 1.165) is 0 Å². The quantitative estimate of drug-likeness (QED) is 0.623. The van der Waals surface area contributed by atoms with Crippen molar-refractivity contribution >= 4 is 22.7 Å². The number of aromatic amines is 1. The first-order valence-corrected chi connectivity index (χ1v) is 6.24. The van der Waals surface area contributed by atoms with Crippen molar-refractivity contribution in [3.63, 3.8) is 0 Å². The zero-order chi connectivity index (χ0) is 14.9. The second-order valence-corrected chi connectivity index (χ2v) is 4.87. The first-order chi connectivity index (χ1) is 9.40. The van der Waals surface area contributed by atoms with E-state index >= 15 is 0 Å². The molecule has 2 rings (SSSR count). The Balaban J connectivity index is 2.46. The van der Waals surface area contributed by atoms with Gasteiger partial charge < -0.3 is 20.5 Å². The summed E-state index contributed by atoms with van der Waals surface area (Å²) in [5.41, 5.74) is 0.583. The zero-order valence-electron chi connectivity index (χ0n) is 11.2. The predicted molar refractivity (Wildman–Crippen MR) is 74.4 cm³/mol. The SMILES string of the molecule is CC(C)NCC(=O)c1ccc(O)c2[nH]c(C(=O)O)cc12. The summed E-state index contributed by atoms with van der Waals surface area (Å²) < 4.78 is 0. The fourth-order valence-corrected chi connectivity index (χ4v) is 1.95. The summed E-state index contributed by atoms with van der Waals surface area (Å²) in [6.45, 7) is 4.02. The summed E-state index contributed by atoms with van der Waals surface area (Å²) in [5.74, 6) is -1.38. The number of fused-ring (bicyclic) bond motifs is 1. The second kappa shape index (κ2) is 5.34. The fraction of sp³-hybridized carbons (Fsp3) is 0.286. The van der Waals surface area contributed by atoms with E-state index in [1.807, 2.05) is 13.8 Å². The van der Waals surface area contributed by atoms with Crippen LogP contribution in [-0.4, -0.2) is 39.5 Å². The minimum absolute atomic E-state index is 0.0626. The van der Waals surface area contributed by atoms with Crippen LogP contribution in [0.5, 0.6) is 5.75 Å². The molecular formula is C14H16N2O4. The molecule has 0 amide bonds. The maximum absolute atomic E-state index is 12.1. The molecule has 0 radical (unpaired) electrons. The summed E-state index contributed by atoms with van der Waals surface area (Å²) in [6, 6.07) is 4.42. The third-order valence-electron chi connectivity index (χ3n) is 2.97. The Morgan fingerprint density at radius 2 is 2.05 bits per heavy atom. The first kappa shape index (κ1) is 14.1. The number of carboxylic acid groups (broad SMARTS) is 1. The molecule has 0 atom stereocenters. The molecule has 0 aliphatic carbocycles. The van der Waals surface area contributed by atoms with E-state index in [2.05, 4.69) is 10.3 Å². The maximum Gasteiger partial charge on any atom is 0.352 e. The molecule has 0 saturated heterocycles. The smallest absolute Gasteiger partial charge is 0.352 e. The van der Waals surface area contributed by atoms with Crippen LogP contribution in [0.3, 0.4) is 0 Å². The molecule has 1 heterocycles. The van der Waals surface area contributed by atoms with Gasteiger partial charge in [-0.05, 0) is 18.2 Å². The third-order valence-corrected chi connectivity index (χ3v) is 2.97. The number of aromatic carboxylic acids is 1. The fourth-order valence-electron chi connectivity index (χ4n) is 1.95. The second-order valence-electron chi connectivity index (χ2n) is 4.87. The van der Waals surface area contributed by atoms with Crippen LogP contribution < -0.4 is 5.32 Å². The Labute approximate surface area is 115 Å². The normalized spacial score (nSPS) is 11.2. The number of aromatic nitrogens is 1. The highest BCUT2D eigenvalue weighted by Gasteiger charge is 2.17. The Bertz CT molecular complexity index is 673. The van der Waals surface area contributed by atoms with Gasteiger partial charge in [0, 0.05) is 17.0 Å². The lowest BCUT2D eigenvalue weighted by Crippen LogP contribution is -2.29. The predicted octanol–water partition coefficient (Wildman–Crippen LogP) is 1.75. The topological polar surface area (TPSA) is 102 Å². The zero-order valence-corrected chi connectivity index (χ0v) is 11.2. The Hall–Kier alpha value is -2.34. The molecular weight excluding hydrogens is 260 g/mol. The van der Waals surface area contributed by atoms with Gasteiger partial charge in [-0.3, -0.25) is 4.79 Å². The highest BCUT2D eigenvalue weighted by atomic mass is 16.4. The van der Waals surface area contributed by atoms with Crippen molar-refractivity contribution in [1.82, 2.24) is 10.3 Å². The van der Waals surface area contributed by atoms with Crippen molar-refractivity contribution < 1.29 is 19.8 Å². The van der Waals surface area contributed by atoms with Crippen molar-refractivity contribution in [1.29, 1.82) is 0 Å².